The molecule has 0 unspecified atom stereocenters. The molecule has 2 aromatic rings. The van der Waals surface area contributed by atoms with E-state index in [9.17, 15) is 4.79 Å². The van der Waals surface area contributed by atoms with Crippen LogP contribution in [0.15, 0.2) is 48.5 Å². The second-order valence-electron chi connectivity index (χ2n) is 5.13. The van der Waals surface area contributed by atoms with Crippen molar-refractivity contribution in [3.8, 4) is 5.75 Å². The van der Waals surface area contributed by atoms with Gasteiger partial charge < -0.3 is 15.2 Å². The Morgan fingerprint density at radius 3 is 2.73 bits per heavy atom. The quantitative estimate of drug-likeness (QED) is 0.724. The molecule has 2 rings (SSSR count). The highest BCUT2D eigenvalue weighted by atomic mass is 16.5. The first-order valence-corrected chi connectivity index (χ1v) is 7.42. The smallest absolute Gasteiger partial charge is 0.335 e. The van der Waals surface area contributed by atoms with Crippen molar-refractivity contribution in [2.24, 2.45) is 0 Å². The van der Waals surface area contributed by atoms with Crippen LogP contribution in [0.3, 0.4) is 0 Å². The fourth-order valence-electron chi connectivity index (χ4n) is 2.12. The van der Waals surface area contributed by atoms with Crippen molar-refractivity contribution in [1.29, 1.82) is 0 Å². The molecule has 0 saturated carbocycles. The van der Waals surface area contributed by atoms with E-state index < -0.39 is 5.97 Å². The van der Waals surface area contributed by atoms with Gasteiger partial charge in [0.05, 0.1) is 12.2 Å². The summed E-state index contributed by atoms with van der Waals surface area (Å²) in [5, 5.41) is 12.2. The van der Waals surface area contributed by atoms with Gasteiger partial charge in [-0.2, -0.15) is 0 Å². The highest BCUT2D eigenvalue weighted by molar-refractivity contribution is 5.88. The summed E-state index contributed by atoms with van der Waals surface area (Å²) in [6, 6.07) is 14.8. The number of hydrogen-bond acceptors (Lipinski definition) is 3. The van der Waals surface area contributed by atoms with Gasteiger partial charge in [-0.15, -0.1) is 0 Å². The number of ether oxygens (including phenoxy) is 1. The van der Waals surface area contributed by atoms with E-state index >= 15 is 0 Å². The Bertz CT molecular complexity index is 625. The Labute approximate surface area is 130 Å². The van der Waals surface area contributed by atoms with Crippen LogP contribution >= 0.6 is 0 Å². The van der Waals surface area contributed by atoms with E-state index in [1.807, 2.05) is 37.3 Å². The Balaban J connectivity index is 1.66. The van der Waals surface area contributed by atoms with E-state index in [0.717, 1.165) is 36.4 Å². The molecule has 4 heteroatoms. The number of rotatable bonds is 8. The normalized spacial score (nSPS) is 10.2. The van der Waals surface area contributed by atoms with Crippen LogP contribution < -0.4 is 10.1 Å². The lowest BCUT2D eigenvalue weighted by molar-refractivity contribution is 0.0697. The average molecular weight is 299 g/mol. The van der Waals surface area contributed by atoms with Crippen molar-refractivity contribution in [3.63, 3.8) is 0 Å². The average Bonchev–Trinajstić information content (AvgIpc) is 2.52. The maximum absolute atomic E-state index is 10.9. The van der Waals surface area contributed by atoms with Gasteiger partial charge in [0.15, 0.2) is 0 Å². The molecule has 0 fully saturated rings. The third-order valence-corrected chi connectivity index (χ3v) is 3.36. The van der Waals surface area contributed by atoms with Crippen LogP contribution in [0.5, 0.6) is 5.75 Å². The second kappa shape index (κ2) is 8.08. The summed E-state index contributed by atoms with van der Waals surface area (Å²) >= 11 is 0. The SMILES string of the molecule is Cc1ccccc1OCCCCNc1cccc(C(=O)O)c1. The lowest BCUT2D eigenvalue weighted by Crippen LogP contribution is -2.06. The third-order valence-electron chi connectivity index (χ3n) is 3.36. The molecule has 0 aliphatic heterocycles. The van der Waals surface area contributed by atoms with E-state index in [1.54, 1.807) is 18.2 Å². The molecular formula is C18H21NO3. The van der Waals surface area contributed by atoms with Crippen molar-refractivity contribution < 1.29 is 14.6 Å². The first-order chi connectivity index (χ1) is 10.7. The Morgan fingerprint density at radius 2 is 1.95 bits per heavy atom. The number of nitrogens with one attached hydrogen (secondary N) is 1. The van der Waals surface area contributed by atoms with Crippen molar-refractivity contribution >= 4 is 11.7 Å². The summed E-state index contributed by atoms with van der Waals surface area (Å²) in [5.74, 6) is 0.0277. The molecule has 2 aromatic carbocycles. The number of carboxylic acid groups (broad SMARTS) is 1. The van der Waals surface area contributed by atoms with E-state index in [-0.39, 0.29) is 0 Å². The van der Waals surface area contributed by atoms with Crippen molar-refractivity contribution in [3.05, 3.63) is 59.7 Å². The number of carbonyl (C=O) groups is 1. The third kappa shape index (κ3) is 4.81. The zero-order valence-electron chi connectivity index (χ0n) is 12.7. The summed E-state index contributed by atoms with van der Waals surface area (Å²) in [7, 11) is 0. The molecular weight excluding hydrogens is 278 g/mol. The van der Waals surface area contributed by atoms with Crippen LogP contribution in [0.2, 0.25) is 0 Å². The number of anilines is 1. The van der Waals surface area contributed by atoms with E-state index in [0.29, 0.717) is 12.2 Å². The van der Waals surface area contributed by atoms with Gasteiger partial charge in [-0.25, -0.2) is 4.79 Å². The number of benzene rings is 2. The zero-order valence-corrected chi connectivity index (χ0v) is 12.7. The minimum Gasteiger partial charge on any atom is -0.493 e. The van der Waals surface area contributed by atoms with Crippen LogP contribution in [0.25, 0.3) is 0 Å². The fraction of sp³-hybridized carbons (Fsp3) is 0.278. The highest BCUT2D eigenvalue weighted by Crippen LogP contribution is 2.16. The molecule has 0 radical (unpaired) electrons. The maximum Gasteiger partial charge on any atom is 0.335 e. The van der Waals surface area contributed by atoms with E-state index in [1.165, 1.54) is 0 Å². The molecule has 0 aliphatic carbocycles. The van der Waals surface area contributed by atoms with Gasteiger partial charge in [-0.05, 0) is 49.6 Å². The lowest BCUT2D eigenvalue weighted by atomic mass is 10.2. The number of para-hydroxylation sites is 1. The number of aromatic carboxylic acids is 1. The number of unbranched alkanes of at least 4 members (excludes halogenated alkanes) is 1. The monoisotopic (exact) mass is 299 g/mol. The Kier molecular flexibility index (Phi) is 5.83. The first-order valence-electron chi connectivity index (χ1n) is 7.42. The summed E-state index contributed by atoms with van der Waals surface area (Å²) in [4.78, 5) is 10.9. The van der Waals surface area contributed by atoms with E-state index in [4.69, 9.17) is 9.84 Å². The topological polar surface area (TPSA) is 58.6 Å². The molecule has 0 aromatic heterocycles. The van der Waals surface area contributed by atoms with Crippen LogP contribution in [0, 0.1) is 6.92 Å². The van der Waals surface area contributed by atoms with Crippen molar-refractivity contribution in [1.82, 2.24) is 0 Å². The zero-order chi connectivity index (χ0) is 15.8. The molecule has 0 amide bonds. The number of aryl methyl sites for hydroxylation is 1. The van der Waals surface area contributed by atoms with Gasteiger partial charge in [0.1, 0.15) is 5.75 Å². The van der Waals surface area contributed by atoms with E-state index in [2.05, 4.69) is 5.32 Å². The Morgan fingerprint density at radius 1 is 1.14 bits per heavy atom. The summed E-state index contributed by atoms with van der Waals surface area (Å²) in [6.45, 7) is 3.51. The summed E-state index contributed by atoms with van der Waals surface area (Å²) in [5.41, 5.74) is 2.28. The molecule has 0 bridgehead atoms. The second-order valence-corrected chi connectivity index (χ2v) is 5.13. The molecule has 0 heterocycles. The predicted molar refractivity (Wildman–Crippen MR) is 87.8 cm³/mol. The van der Waals surface area contributed by atoms with Crippen LogP contribution in [-0.4, -0.2) is 24.2 Å². The minimum atomic E-state index is -0.907. The van der Waals surface area contributed by atoms with Crippen LogP contribution in [-0.2, 0) is 0 Å². The minimum absolute atomic E-state index is 0.299. The number of carboxylic acids is 1. The molecule has 22 heavy (non-hydrogen) atoms. The standard InChI is InChI=1S/C18H21NO3/c1-14-7-2-3-10-17(14)22-12-5-4-11-19-16-9-6-8-15(13-16)18(20)21/h2-3,6-10,13,19H,4-5,11-12H2,1H3,(H,20,21). The van der Waals surface area contributed by atoms with Crippen molar-refractivity contribution in [2.75, 3.05) is 18.5 Å². The van der Waals surface area contributed by atoms with Crippen LogP contribution in [0.1, 0.15) is 28.8 Å². The van der Waals surface area contributed by atoms with Crippen LogP contribution in [0.4, 0.5) is 5.69 Å². The molecule has 0 aliphatic rings. The predicted octanol–water partition coefficient (Wildman–Crippen LogP) is 3.96. The molecule has 2 N–H and O–H groups in total. The lowest BCUT2D eigenvalue weighted by Gasteiger charge is -2.09. The Hall–Kier alpha value is -2.49. The molecule has 0 saturated heterocycles. The summed E-state index contributed by atoms with van der Waals surface area (Å²) < 4.78 is 5.73. The largest absolute Gasteiger partial charge is 0.493 e. The molecule has 0 spiro atoms. The fourth-order valence-corrected chi connectivity index (χ4v) is 2.12. The van der Waals surface area contributed by atoms with Gasteiger partial charge in [-0.3, -0.25) is 0 Å². The summed E-state index contributed by atoms with van der Waals surface area (Å²) in [6.07, 6.45) is 1.91. The number of hydrogen-bond donors (Lipinski definition) is 2. The van der Waals surface area contributed by atoms with Crippen molar-refractivity contribution in [2.45, 2.75) is 19.8 Å². The molecule has 116 valence electrons. The maximum atomic E-state index is 10.9. The van der Waals surface area contributed by atoms with Gasteiger partial charge in [0.2, 0.25) is 0 Å². The first kappa shape index (κ1) is 15.9. The molecule has 0 atom stereocenters. The highest BCUT2D eigenvalue weighted by Gasteiger charge is 2.02. The van der Waals surface area contributed by atoms with Gasteiger partial charge in [-0.1, -0.05) is 24.3 Å². The van der Waals surface area contributed by atoms with Gasteiger partial charge in [0, 0.05) is 12.2 Å². The van der Waals surface area contributed by atoms with Gasteiger partial charge >= 0.3 is 5.97 Å². The van der Waals surface area contributed by atoms with Gasteiger partial charge in [0.25, 0.3) is 0 Å². The molecule has 4 nitrogen and oxygen atoms in total.